The van der Waals surface area contributed by atoms with Crippen LogP contribution in [0.4, 0.5) is 0 Å². The molecule has 0 saturated heterocycles. The van der Waals surface area contributed by atoms with Crippen LogP contribution >= 0.6 is 0 Å². The van der Waals surface area contributed by atoms with E-state index in [4.69, 9.17) is 10.00 Å². The number of hydrogen-bond acceptors (Lipinski definition) is 4. The molecule has 0 spiro atoms. The second kappa shape index (κ2) is 8.84. The monoisotopic (exact) mass is 346 g/mol. The molecule has 0 aliphatic rings. The molecule has 26 heavy (non-hydrogen) atoms. The number of rotatable bonds is 8. The Bertz CT molecular complexity index is 868. The van der Waals surface area contributed by atoms with Gasteiger partial charge < -0.3 is 14.6 Å². The molecule has 0 aliphatic carbocycles. The first-order valence-corrected chi connectivity index (χ1v) is 8.63. The Morgan fingerprint density at radius 2 is 2.04 bits per heavy atom. The van der Waals surface area contributed by atoms with Gasteiger partial charge in [-0.25, -0.2) is 4.98 Å². The van der Waals surface area contributed by atoms with E-state index in [2.05, 4.69) is 33.9 Å². The van der Waals surface area contributed by atoms with Crippen molar-refractivity contribution >= 4 is 0 Å². The molecule has 0 radical (unpaired) electrons. The Balaban J connectivity index is 1.52. The fourth-order valence-corrected chi connectivity index (χ4v) is 2.71. The summed E-state index contributed by atoms with van der Waals surface area (Å²) in [6.45, 7) is 4.26. The lowest BCUT2D eigenvalue weighted by Crippen LogP contribution is -2.29. The van der Waals surface area contributed by atoms with Crippen molar-refractivity contribution in [3.63, 3.8) is 0 Å². The molecular formula is C21H22N4O. The van der Waals surface area contributed by atoms with Crippen LogP contribution in [0.1, 0.15) is 23.6 Å². The smallest absolute Gasteiger partial charge is 0.120 e. The van der Waals surface area contributed by atoms with E-state index in [0.717, 1.165) is 24.4 Å². The van der Waals surface area contributed by atoms with Gasteiger partial charge in [0.15, 0.2) is 0 Å². The second-order valence-corrected chi connectivity index (χ2v) is 6.29. The van der Waals surface area contributed by atoms with Gasteiger partial charge in [-0.05, 0) is 42.3 Å². The molecule has 0 fully saturated rings. The Morgan fingerprint density at radius 3 is 2.85 bits per heavy atom. The van der Waals surface area contributed by atoms with Crippen molar-refractivity contribution in [2.24, 2.45) is 0 Å². The molecule has 1 N–H and O–H groups in total. The first-order valence-electron chi connectivity index (χ1n) is 8.63. The molecule has 2 aromatic carbocycles. The van der Waals surface area contributed by atoms with Gasteiger partial charge in [-0.1, -0.05) is 24.3 Å². The predicted octanol–water partition coefficient (Wildman–Crippen LogP) is 3.51. The van der Waals surface area contributed by atoms with Gasteiger partial charge in [-0.2, -0.15) is 5.26 Å². The molecule has 3 aromatic rings. The van der Waals surface area contributed by atoms with E-state index in [1.54, 1.807) is 12.3 Å². The number of nitrogens with one attached hydrogen (secondary N) is 1. The molecule has 0 aliphatic heterocycles. The van der Waals surface area contributed by atoms with Gasteiger partial charge in [0.05, 0.1) is 18.0 Å². The number of benzene rings is 2. The van der Waals surface area contributed by atoms with E-state index in [-0.39, 0.29) is 0 Å². The predicted molar refractivity (Wildman–Crippen MR) is 100 cm³/mol. The van der Waals surface area contributed by atoms with Gasteiger partial charge in [-0.3, -0.25) is 0 Å². The Morgan fingerprint density at radius 1 is 1.19 bits per heavy atom. The second-order valence-electron chi connectivity index (χ2n) is 6.29. The van der Waals surface area contributed by atoms with Gasteiger partial charge >= 0.3 is 0 Å². The highest BCUT2D eigenvalue weighted by atomic mass is 16.5. The van der Waals surface area contributed by atoms with Crippen LogP contribution in [0.3, 0.4) is 0 Å². The Kier molecular flexibility index (Phi) is 6.02. The van der Waals surface area contributed by atoms with Crippen molar-refractivity contribution in [3.05, 3.63) is 83.9 Å². The van der Waals surface area contributed by atoms with E-state index in [1.165, 1.54) is 5.56 Å². The molecule has 1 heterocycles. The van der Waals surface area contributed by atoms with Crippen molar-refractivity contribution in [1.82, 2.24) is 14.9 Å². The third-order valence-corrected chi connectivity index (χ3v) is 4.06. The third-order valence-electron chi connectivity index (χ3n) is 4.06. The van der Waals surface area contributed by atoms with E-state index < -0.39 is 0 Å². The highest BCUT2D eigenvalue weighted by Crippen LogP contribution is 2.16. The highest BCUT2D eigenvalue weighted by Gasteiger charge is 2.04. The highest BCUT2D eigenvalue weighted by molar-refractivity contribution is 5.33. The molecular weight excluding hydrogens is 324 g/mol. The fraction of sp³-hybridized carbons (Fsp3) is 0.238. The maximum absolute atomic E-state index is 8.97. The summed E-state index contributed by atoms with van der Waals surface area (Å²) >= 11 is 0. The van der Waals surface area contributed by atoms with Crippen molar-refractivity contribution in [2.45, 2.75) is 32.7 Å². The Labute approximate surface area is 153 Å². The molecule has 1 unspecified atom stereocenters. The van der Waals surface area contributed by atoms with Crippen LogP contribution in [-0.4, -0.2) is 15.6 Å². The lowest BCUT2D eigenvalue weighted by Gasteiger charge is -2.15. The van der Waals surface area contributed by atoms with E-state index >= 15 is 0 Å². The number of ether oxygens (including phenoxy) is 1. The third kappa shape index (κ3) is 5.20. The van der Waals surface area contributed by atoms with Crippen molar-refractivity contribution in [3.8, 4) is 11.8 Å². The summed E-state index contributed by atoms with van der Waals surface area (Å²) in [7, 11) is 0. The number of nitrogens with zero attached hydrogens (tertiary/aromatic N) is 3. The molecule has 0 amide bonds. The molecule has 5 heteroatoms. The average molecular weight is 346 g/mol. The fourth-order valence-electron chi connectivity index (χ4n) is 2.71. The molecule has 0 saturated carbocycles. The zero-order chi connectivity index (χ0) is 18.2. The summed E-state index contributed by atoms with van der Waals surface area (Å²) < 4.78 is 7.94. The topological polar surface area (TPSA) is 62.9 Å². The summed E-state index contributed by atoms with van der Waals surface area (Å²) in [5, 5.41) is 12.5. The number of imidazole rings is 1. The summed E-state index contributed by atoms with van der Waals surface area (Å²) in [6.07, 6.45) is 5.59. The van der Waals surface area contributed by atoms with Crippen LogP contribution < -0.4 is 10.1 Å². The molecule has 0 bridgehead atoms. The van der Waals surface area contributed by atoms with Crippen molar-refractivity contribution in [2.75, 3.05) is 0 Å². The summed E-state index contributed by atoms with van der Waals surface area (Å²) in [5.74, 6) is 0.828. The maximum Gasteiger partial charge on any atom is 0.120 e. The minimum atomic E-state index is 0.336. The van der Waals surface area contributed by atoms with E-state index in [1.807, 2.05) is 48.9 Å². The van der Waals surface area contributed by atoms with Crippen LogP contribution in [0.5, 0.6) is 5.75 Å². The molecule has 1 atom stereocenters. The molecule has 5 nitrogen and oxygen atoms in total. The van der Waals surface area contributed by atoms with E-state index in [9.17, 15) is 0 Å². The van der Waals surface area contributed by atoms with Crippen LogP contribution in [0, 0.1) is 11.3 Å². The van der Waals surface area contributed by atoms with Crippen LogP contribution in [-0.2, 0) is 19.7 Å². The molecule has 3 rings (SSSR count). The standard InChI is InChI=1S/C21H22N4O/c1-17(14-25-9-8-23-16-25)24-13-19-5-3-7-21(11-19)26-15-20-6-2-4-18(10-20)12-22/h2-11,16-17,24H,13-15H2,1H3. The van der Waals surface area contributed by atoms with Gasteiger partial charge in [0.2, 0.25) is 0 Å². The average Bonchev–Trinajstić information content (AvgIpc) is 3.18. The van der Waals surface area contributed by atoms with Gasteiger partial charge in [0.1, 0.15) is 12.4 Å². The zero-order valence-electron chi connectivity index (χ0n) is 14.8. The molecule has 1 aromatic heterocycles. The normalized spacial score (nSPS) is 11.7. The SMILES string of the molecule is CC(Cn1ccnc1)NCc1cccc(OCc2cccc(C#N)c2)c1. The van der Waals surface area contributed by atoms with Crippen molar-refractivity contribution < 1.29 is 4.74 Å². The number of aromatic nitrogens is 2. The first-order chi connectivity index (χ1) is 12.7. The van der Waals surface area contributed by atoms with Gasteiger partial charge in [-0.15, -0.1) is 0 Å². The van der Waals surface area contributed by atoms with Crippen LogP contribution in [0.25, 0.3) is 0 Å². The van der Waals surface area contributed by atoms with Crippen molar-refractivity contribution in [1.29, 1.82) is 5.26 Å². The van der Waals surface area contributed by atoms with E-state index in [0.29, 0.717) is 18.2 Å². The minimum absolute atomic E-state index is 0.336. The lowest BCUT2D eigenvalue weighted by atomic mass is 10.1. The summed E-state index contributed by atoms with van der Waals surface area (Å²) in [4.78, 5) is 4.06. The Hall–Kier alpha value is -3.10. The number of nitriles is 1. The maximum atomic E-state index is 8.97. The zero-order valence-corrected chi connectivity index (χ0v) is 14.8. The first kappa shape index (κ1) is 17.7. The van der Waals surface area contributed by atoms with Gasteiger partial charge in [0.25, 0.3) is 0 Å². The quantitative estimate of drug-likeness (QED) is 0.678. The largest absolute Gasteiger partial charge is 0.489 e. The lowest BCUT2D eigenvalue weighted by molar-refractivity contribution is 0.305. The minimum Gasteiger partial charge on any atom is -0.489 e. The summed E-state index contributed by atoms with van der Waals surface area (Å²) in [5.41, 5.74) is 2.81. The van der Waals surface area contributed by atoms with Crippen LogP contribution in [0.15, 0.2) is 67.3 Å². The number of hydrogen-bond donors (Lipinski definition) is 1. The molecule has 132 valence electrons. The van der Waals surface area contributed by atoms with Crippen LogP contribution in [0.2, 0.25) is 0 Å². The van der Waals surface area contributed by atoms with Gasteiger partial charge in [0, 0.05) is 31.5 Å². The summed E-state index contributed by atoms with van der Waals surface area (Å²) in [6, 6.07) is 18.0.